The van der Waals surface area contributed by atoms with Gasteiger partial charge in [-0.25, -0.2) is 4.39 Å². The van der Waals surface area contributed by atoms with E-state index in [0.717, 1.165) is 5.56 Å². The smallest absolute Gasteiger partial charge is 0.254 e. The molecule has 7 heteroatoms. The Morgan fingerprint density at radius 2 is 1.86 bits per heavy atom. The highest BCUT2D eigenvalue weighted by atomic mass is 19.1. The van der Waals surface area contributed by atoms with Crippen molar-refractivity contribution in [1.82, 2.24) is 10.6 Å². The van der Waals surface area contributed by atoms with E-state index in [-0.39, 0.29) is 24.6 Å². The summed E-state index contributed by atoms with van der Waals surface area (Å²) in [6.45, 7) is 4.34. The van der Waals surface area contributed by atoms with E-state index in [9.17, 15) is 14.0 Å². The summed E-state index contributed by atoms with van der Waals surface area (Å²) < 4.78 is 24.3. The van der Waals surface area contributed by atoms with Gasteiger partial charge in [0.1, 0.15) is 12.4 Å². The van der Waals surface area contributed by atoms with Gasteiger partial charge in [-0.1, -0.05) is 30.9 Å². The number of carbonyl (C=O) groups is 2. The monoisotopic (exact) mass is 398 g/mol. The number of hydrogen-bond donors (Lipinski definition) is 2. The van der Waals surface area contributed by atoms with E-state index in [1.54, 1.807) is 36.4 Å². The molecule has 0 saturated heterocycles. The number of methoxy groups -OCH3 is 1. The van der Waals surface area contributed by atoms with Gasteiger partial charge < -0.3 is 20.1 Å². The fraction of sp³-hybridized carbons (Fsp3) is 0.182. The second kappa shape index (κ2) is 11.3. The molecule has 0 fully saturated rings. The second-order valence-corrected chi connectivity index (χ2v) is 5.87. The Morgan fingerprint density at radius 3 is 2.59 bits per heavy atom. The predicted octanol–water partition coefficient (Wildman–Crippen LogP) is 2.96. The number of hydrogen-bond acceptors (Lipinski definition) is 4. The molecule has 29 heavy (non-hydrogen) atoms. The number of rotatable bonds is 10. The van der Waals surface area contributed by atoms with Gasteiger partial charge in [0.2, 0.25) is 5.91 Å². The standard InChI is InChI=1S/C22H23FN2O4/c1-3-14-29-19-10-8-16(15-20(19)28-2)9-11-21(26)24-12-13-25-22(27)17-6-4-5-7-18(17)23/h3-11,15H,1,12-14H2,2H3,(H,24,26)(H,25,27). The van der Waals surface area contributed by atoms with Gasteiger partial charge in [-0.15, -0.1) is 0 Å². The van der Waals surface area contributed by atoms with Crippen molar-refractivity contribution >= 4 is 17.9 Å². The molecule has 0 aliphatic heterocycles. The summed E-state index contributed by atoms with van der Waals surface area (Å²) in [6.07, 6.45) is 4.64. The molecular formula is C22H23FN2O4. The van der Waals surface area contributed by atoms with Crippen molar-refractivity contribution in [2.75, 3.05) is 26.8 Å². The first-order valence-electron chi connectivity index (χ1n) is 8.95. The van der Waals surface area contributed by atoms with Crippen molar-refractivity contribution in [2.45, 2.75) is 0 Å². The van der Waals surface area contributed by atoms with Crippen LogP contribution in [-0.2, 0) is 4.79 Å². The average molecular weight is 398 g/mol. The summed E-state index contributed by atoms with van der Waals surface area (Å²) in [6, 6.07) is 11.0. The normalized spacial score (nSPS) is 10.4. The number of carbonyl (C=O) groups excluding carboxylic acids is 2. The van der Waals surface area contributed by atoms with E-state index in [2.05, 4.69) is 17.2 Å². The molecule has 0 aromatic heterocycles. The Labute approximate surface area is 169 Å². The van der Waals surface area contributed by atoms with Crippen LogP contribution in [0.15, 0.2) is 61.2 Å². The van der Waals surface area contributed by atoms with Crippen LogP contribution in [0, 0.1) is 5.82 Å². The third-order valence-corrected chi connectivity index (χ3v) is 3.80. The van der Waals surface area contributed by atoms with Crippen molar-refractivity contribution in [3.05, 3.63) is 78.1 Å². The lowest BCUT2D eigenvalue weighted by Gasteiger charge is -2.09. The Morgan fingerprint density at radius 1 is 1.10 bits per heavy atom. The van der Waals surface area contributed by atoms with E-state index in [1.165, 1.54) is 31.4 Å². The van der Waals surface area contributed by atoms with Crippen molar-refractivity contribution in [3.8, 4) is 11.5 Å². The quantitative estimate of drug-likeness (QED) is 0.367. The van der Waals surface area contributed by atoms with Crippen molar-refractivity contribution < 1.29 is 23.5 Å². The van der Waals surface area contributed by atoms with Crippen molar-refractivity contribution in [2.24, 2.45) is 0 Å². The number of ether oxygens (including phenoxy) is 2. The van der Waals surface area contributed by atoms with Crippen molar-refractivity contribution in [1.29, 1.82) is 0 Å². The van der Waals surface area contributed by atoms with Gasteiger partial charge in [0, 0.05) is 19.2 Å². The molecule has 2 aromatic rings. The lowest BCUT2D eigenvalue weighted by Crippen LogP contribution is -2.34. The molecule has 0 atom stereocenters. The Kier molecular flexibility index (Phi) is 8.44. The second-order valence-electron chi connectivity index (χ2n) is 5.87. The van der Waals surface area contributed by atoms with Gasteiger partial charge in [0.15, 0.2) is 11.5 Å². The molecule has 0 spiro atoms. The molecule has 0 aliphatic rings. The van der Waals surface area contributed by atoms with E-state index < -0.39 is 11.7 Å². The van der Waals surface area contributed by atoms with Crippen LogP contribution >= 0.6 is 0 Å². The highest BCUT2D eigenvalue weighted by Crippen LogP contribution is 2.28. The van der Waals surface area contributed by atoms with Crippen LogP contribution in [0.1, 0.15) is 15.9 Å². The van der Waals surface area contributed by atoms with Crippen LogP contribution in [0.25, 0.3) is 6.08 Å². The van der Waals surface area contributed by atoms with Gasteiger partial charge in [0.25, 0.3) is 5.91 Å². The zero-order chi connectivity index (χ0) is 21.1. The van der Waals surface area contributed by atoms with Gasteiger partial charge in [-0.05, 0) is 35.9 Å². The fourth-order valence-corrected chi connectivity index (χ4v) is 2.39. The SMILES string of the molecule is C=CCOc1ccc(C=CC(=O)NCCNC(=O)c2ccccc2F)cc1OC. The van der Waals surface area contributed by atoms with E-state index >= 15 is 0 Å². The zero-order valence-corrected chi connectivity index (χ0v) is 16.1. The van der Waals surface area contributed by atoms with Crippen molar-refractivity contribution in [3.63, 3.8) is 0 Å². The van der Waals surface area contributed by atoms with Crippen LogP contribution in [-0.4, -0.2) is 38.6 Å². The highest BCUT2D eigenvalue weighted by molar-refractivity contribution is 5.94. The molecule has 0 radical (unpaired) electrons. The minimum atomic E-state index is -0.590. The van der Waals surface area contributed by atoms with Crippen LogP contribution in [0.3, 0.4) is 0 Å². The molecule has 2 amide bonds. The average Bonchev–Trinajstić information content (AvgIpc) is 2.74. The van der Waals surface area contributed by atoms with Crippen LogP contribution in [0.5, 0.6) is 11.5 Å². The fourth-order valence-electron chi connectivity index (χ4n) is 2.39. The van der Waals surface area contributed by atoms with E-state index in [0.29, 0.717) is 18.1 Å². The van der Waals surface area contributed by atoms with Crippen LogP contribution < -0.4 is 20.1 Å². The lowest BCUT2D eigenvalue weighted by atomic mass is 10.2. The summed E-state index contributed by atoms with van der Waals surface area (Å²) in [7, 11) is 1.53. The van der Waals surface area contributed by atoms with Gasteiger partial charge in [-0.2, -0.15) is 0 Å². The van der Waals surface area contributed by atoms with Gasteiger partial charge >= 0.3 is 0 Å². The molecule has 0 bridgehead atoms. The zero-order valence-electron chi connectivity index (χ0n) is 16.1. The number of benzene rings is 2. The van der Waals surface area contributed by atoms with Crippen LogP contribution in [0.2, 0.25) is 0 Å². The van der Waals surface area contributed by atoms with Gasteiger partial charge in [-0.3, -0.25) is 9.59 Å². The lowest BCUT2D eigenvalue weighted by molar-refractivity contribution is -0.116. The minimum absolute atomic E-state index is 0.0341. The largest absolute Gasteiger partial charge is 0.493 e. The highest BCUT2D eigenvalue weighted by Gasteiger charge is 2.09. The molecule has 0 aliphatic carbocycles. The number of halogens is 1. The summed E-state index contributed by atoms with van der Waals surface area (Å²) in [5, 5.41) is 5.19. The maximum Gasteiger partial charge on any atom is 0.254 e. The third kappa shape index (κ3) is 6.80. The first-order valence-corrected chi connectivity index (χ1v) is 8.95. The Bertz CT molecular complexity index is 896. The molecular weight excluding hydrogens is 375 g/mol. The summed E-state index contributed by atoms with van der Waals surface area (Å²) in [5.41, 5.74) is 0.726. The molecule has 0 saturated carbocycles. The maximum atomic E-state index is 13.5. The number of amides is 2. The van der Waals surface area contributed by atoms with E-state index in [1.807, 2.05) is 0 Å². The minimum Gasteiger partial charge on any atom is -0.493 e. The predicted molar refractivity (Wildman–Crippen MR) is 109 cm³/mol. The molecule has 2 N–H and O–H groups in total. The summed E-state index contributed by atoms with van der Waals surface area (Å²) >= 11 is 0. The first-order chi connectivity index (χ1) is 14.0. The molecule has 0 heterocycles. The third-order valence-electron chi connectivity index (χ3n) is 3.80. The Hall–Kier alpha value is -3.61. The molecule has 152 valence electrons. The topological polar surface area (TPSA) is 76.7 Å². The molecule has 2 rings (SSSR count). The Balaban J connectivity index is 1.80. The molecule has 2 aromatic carbocycles. The molecule has 0 unspecified atom stereocenters. The molecule has 6 nitrogen and oxygen atoms in total. The van der Waals surface area contributed by atoms with E-state index in [4.69, 9.17) is 9.47 Å². The summed E-state index contributed by atoms with van der Waals surface area (Å²) in [5.74, 6) is -0.312. The van der Waals surface area contributed by atoms with Gasteiger partial charge in [0.05, 0.1) is 12.7 Å². The summed E-state index contributed by atoms with van der Waals surface area (Å²) in [4.78, 5) is 23.8. The van der Waals surface area contributed by atoms with Crippen LogP contribution in [0.4, 0.5) is 4.39 Å². The first kappa shape index (κ1) is 21.7. The number of nitrogens with one attached hydrogen (secondary N) is 2. The maximum absolute atomic E-state index is 13.5.